The molecule has 0 aromatic rings. The van der Waals surface area contributed by atoms with Crippen LogP contribution in [0.25, 0.3) is 0 Å². The Labute approximate surface area is 292 Å². The van der Waals surface area contributed by atoms with Crippen LogP contribution in [0.2, 0.25) is 0 Å². The highest BCUT2D eigenvalue weighted by atomic mass is 16.7. The summed E-state index contributed by atoms with van der Waals surface area (Å²) in [6.45, 7) is 14.6. The maximum Gasteiger partial charge on any atom is 0.408 e. The van der Waals surface area contributed by atoms with Crippen molar-refractivity contribution in [2.45, 2.75) is 153 Å². The van der Waals surface area contributed by atoms with Crippen molar-refractivity contribution in [2.75, 3.05) is 40.8 Å². The van der Waals surface area contributed by atoms with Crippen LogP contribution in [-0.2, 0) is 33.3 Å². The molecule has 2 bridgehead atoms. The number of carbonyl (C=O) groups is 3. The monoisotopic (exact) mass is 694 g/mol. The highest BCUT2D eigenvalue weighted by Crippen LogP contribution is 2.43. The Hall–Kier alpha value is -1.87. The Kier molecular flexibility index (Phi) is 11.5. The van der Waals surface area contributed by atoms with Gasteiger partial charge in [-0.25, -0.2) is 4.79 Å². The zero-order chi connectivity index (χ0) is 36.1. The summed E-state index contributed by atoms with van der Waals surface area (Å²) in [6.07, 6.45) is -0.427. The molecule has 6 rings (SSSR count). The van der Waals surface area contributed by atoms with Gasteiger partial charge >= 0.3 is 12.1 Å². The van der Waals surface area contributed by atoms with Crippen molar-refractivity contribution < 1.29 is 43.2 Å². The lowest BCUT2D eigenvalue weighted by Crippen LogP contribution is -2.62. The van der Waals surface area contributed by atoms with E-state index in [-0.39, 0.29) is 42.9 Å². The van der Waals surface area contributed by atoms with Gasteiger partial charge in [0.1, 0.15) is 17.6 Å². The van der Waals surface area contributed by atoms with Crippen LogP contribution < -0.4 is 10.6 Å². The number of hydrogen-bond acceptors (Lipinski definition) is 12. The number of likely N-dealkylation sites (N-methyl/N-ethyl adjacent to an activating group) is 2. The molecule has 0 unspecified atom stereocenters. The molecule has 0 aromatic carbocycles. The summed E-state index contributed by atoms with van der Waals surface area (Å²) in [4.78, 5) is 45.8. The van der Waals surface area contributed by atoms with E-state index in [2.05, 4.69) is 22.5 Å². The van der Waals surface area contributed by atoms with Crippen molar-refractivity contribution in [1.29, 1.82) is 0 Å². The fraction of sp³-hybridized carbons (Fsp3) is 0.917. The molecule has 49 heavy (non-hydrogen) atoms. The number of carbonyl (C=O) groups excluding carboxylic acids is 3. The molecule has 1 aliphatic carbocycles. The molecule has 13 heteroatoms. The molecule has 0 radical (unpaired) electrons. The average Bonchev–Trinajstić information content (AvgIpc) is 3.81. The molecule has 3 N–H and O–H groups in total. The van der Waals surface area contributed by atoms with Gasteiger partial charge in [-0.3, -0.25) is 9.59 Å². The van der Waals surface area contributed by atoms with Gasteiger partial charge in [-0.05, 0) is 93.3 Å². The summed E-state index contributed by atoms with van der Waals surface area (Å²) in [5.41, 5.74) is -3.68. The van der Waals surface area contributed by atoms with Crippen molar-refractivity contribution in [3.05, 3.63) is 0 Å². The minimum atomic E-state index is -1.55. The van der Waals surface area contributed by atoms with E-state index in [0.29, 0.717) is 38.4 Å². The lowest BCUT2D eigenvalue weighted by Gasteiger charge is -2.49. The number of fused-ring (bicyclic) bond motifs is 10. The Balaban J connectivity index is 1.52. The predicted molar refractivity (Wildman–Crippen MR) is 182 cm³/mol. The van der Waals surface area contributed by atoms with Crippen molar-refractivity contribution >= 4 is 17.8 Å². The second kappa shape index (κ2) is 14.6. The number of nitrogens with zero attached hydrogens (tertiary/aromatic N) is 2. The zero-order valence-corrected chi connectivity index (χ0v) is 31.3. The number of esters is 1. The number of aliphatic hydroxyl groups is 1. The van der Waals surface area contributed by atoms with E-state index < -0.39 is 65.2 Å². The number of ether oxygens (including phenoxy) is 5. The molecule has 0 aromatic heterocycles. The van der Waals surface area contributed by atoms with E-state index in [1.165, 1.54) is 0 Å². The second-order valence-electron chi connectivity index (χ2n) is 16.5. The maximum absolute atomic E-state index is 14.7. The summed E-state index contributed by atoms with van der Waals surface area (Å²) in [7, 11) is 5.89. The zero-order valence-electron chi connectivity index (χ0n) is 31.3. The molecule has 280 valence electrons. The van der Waals surface area contributed by atoms with Crippen molar-refractivity contribution in [2.24, 2.45) is 17.3 Å². The van der Waals surface area contributed by atoms with E-state index >= 15 is 0 Å². The Morgan fingerprint density at radius 2 is 1.82 bits per heavy atom. The number of amides is 1. The fourth-order valence-corrected chi connectivity index (χ4v) is 8.87. The molecule has 5 aliphatic heterocycles. The molecule has 1 amide bonds. The number of nitrogens with one attached hydrogen (secondary N) is 2. The normalized spacial score (nSPS) is 45.9. The first-order valence-electron chi connectivity index (χ1n) is 18.4. The average molecular weight is 695 g/mol. The minimum absolute atomic E-state index is 0.0631. The fourth-order valence-electron chi connectivity index (χ4n) is 8.87. The van der Waals surface area contributed by atoms with E-state index in [1.54, 1.807) is 20.8 Å². The summed E-state index contributed by atoms with van der Waals surface area (Å²) in [5.74, 6) is -1.75. The highest BCUT2D eigenvalue weighted by Gasteiger charge is 2.59. The minimum Gasteiger partial charge on any atom is -0.457 e. The second-order valence-corrected chi connectivity index (χ2v) is 16.5. The summed E-state index contributed by atoms with van der Waals surface area (Å²) in [5, 5.41) is 18.2. The SMILES string of the molecule is CC[C@H]1OC(=O)[C@@]2(C)CCO[C@@](C)(C[C@@H](C)CN(C)[C@H](C)[C@H]3NC(=O)O[C@@]31C)[C@H](O[C@@H]1O[C@H](CNC3CC3)C[C@H](N(C)C)[C@H]1O)[C@@H](C)C2=O. The third-order valence-corrected chi connectivity index (χ3v) is 12.2. The number of aliphatic hydroxyl groups excluding tert-OH is 1. The summed E-state index contributed by atoms with van der Waals surface area (Å²) < 4.78 is 32.1. The Morgan fingerprint density at radius 3 is 2.45 bits per heavy atom. The largest absolute Gasteiger partial charge is 0.457 e. The summed E-state index contributed by atoms with van der Waals surface area (Å²) in [6, 6.07) is -0.368. The number of Topliss-reactive ketones (excluding diaryl/α,β-unsaturated/α-hetero) is 1. The standard InChI is InChI=1S/C36H62N4O9/c1-11-26-36(7)28(38-33(44)49-36)22(4)40(10)19-20(2)17-35(6)30(21(3)29(42)34(5,14-15-45-35)32(43)47-26)48-31-27(41)25(39(8)9)16-24(46-31)18-37-23-12-13-23/h20-28,30-31,37,41H,11-19H2,1-10H3,(H,38,44)/t20-,21+,22-,24+,25+,26-,27-,28-,30-,31+,34+,35+,36-/m1/s1. The molecule has 6 aliphatic rings. The van der Waals surface area contributed by atoms with Crippen LogP contribution in [-0.4, -0.2) is 140 Å². The van der Waals surface area contributed by atoms with Crippen LogP contribution >= 0.6 is 0 Å². The molecule has 5 heterocycles. The topological polar surface area (TPSA) is 148 Å². The number of rotatable bonds is 7. The third-order valence-electron chi connectivity index (χ3n) is 12.2. The maximum atomic E-state index is 14.7. The van der Waals surface area contributed by atoms with Gasteiger partial charge in [-0.2, -0.15) is 0 Å². The van der Waals surface area contributed by atoms with Gasteiger partial charge in [0.25, 0.3) is 0 Å². The number of ketones is 1. The third kappa shape index (κ3) is 7.68. The van der Waals surface area contributed by atoms with Gasteiger partial charge in [0, 0.05) is 43.7 Å². The quantitative estimate of drug-likeness (QED) is 0.266. The first-order valence-corrected chi connectivity index (χ1v) is 18.4. The van der Waals surface area contributed by atoms with E-state index in [9.17, 15) is 19.5 Å². The van der Waals surface area contributed by atoms with Gasteiger partial charge in [0.2, 0.25) is 0 Å². The Bertz CT molecular complexity index is 1220. The van der Waals surface area contributed by atoms with Crippen molar-refractivity contribution in [3.63, 3.8) is 0 Å². The van der Waals surface area contributed by atoms with Crippen LogP contribution in [0.5, 0.6) is 0 Å². The van der Waals surface area contributed by atoms with Gasteiger partial charge < -0.3 is 49.2 Å². The molecule has 13 atom stereocenters. The molecule has 6 fully saturated rings. The van der Waals surface area contributed by atoms with Crippen LogP contribution in [0.4, 0.5) is 4.79 Å². The molecule has 13 nitrogen and oxygen atoms in total. The first kappa shape index (κ1) is 38.4. The van der Waals surface area contributed by atoms with Crippen molar-refractivity contribution in [1.82, 2.24) is 20.4 Å². The van der Waals surface area contributed by atoms with Gasteiger partial charge in [-0.15, -0.1) is 0 Å². The van der Waals surface area contributed by atoms with Crippen LogP contribution in [0, 0.1) is 17.3 Å². The van der Waals surface area contributed by atoms with Gasteiger partial charge in [-0.1, -0.05) is 20.8 Å². The van der Waals surface area contributed by atoms with E-state index in [4.69, 9.17) is 23.7 Å². The molecule has 0 spiro atoms. The molecule has 5 saturated heterocycles. The molecule has 1 saturated carbocycles. The lowest BCUT2D eigenvalue weighted by atomic mass is 9.70. The lowest BCUT2D eigenvalue weighted by molar-refractivity contribution is -0.301. The van der Waals surface area contributed by atoms with Crippen LogP contribution in [0.1, 0.15) is 87.0 Å². The predicted octanol–water partition coefficient (Wildman–Crippen LogP) is 2.47. The molecular weight excluding hydrogens is 632 g/mol. The van der Waals surface area contributed by atoms with Crippen LogP contribution in [0.15, 0.2) is 0 Å². The van der Waals surface area contributed by atoms with Gasteiger partial charge in [0.05, 0.1) is 23.9 Å². The summed E-state index contributed by atoms with van der Waals surface area (Å²) >= 11 is 0. The first-order chi connectivity index (χ1) is 22.9. The van der Waals surface area contributed by atoms with Gasteiger partial charge in [0.15, 0.2) is 17.7 Å². The highest BCUT2D eigenvalue weighted by molar-refractivity contribution is 6.04. The number of hydrogen-bond donors (Lipinski definition) is 3. The van der Waals surface area contributed by atoms with Crippen molar-refractivity contribution in [3.8, 4) is 0 Å². The smallest absolute Gasteiger partial charge is 0.408 e. The molecular formula is C36H62N4O9. The van der Waals surface area contributed by atoms with Crippen LogP contribution in [0.3, 0.4) is 0 Å². The van der Waals surface area contributed by atoms with E-state index in [0.717, 1.165) is 12.8 Å². The Morgan fingerprint density at radius 1 is 1.12 bits per heavy atom. The van der Waals surface area contributed by atoms with E-state index in [1.807, 2.05) is 46.8 Å². The number of alkyl carbamates (subject to hydrolysis) is 1.